The fourth-order valence-corrected chi connectivity index (χ4v) is 3.23. The molecule has 2 rings (SSSR count). The number of aliphatic imine (C=N–C) groups is 1. The first-order valence-corrected chi connectivity index (χ1v) is 8.75. The number of likely N-dealkylation sites (tertiary alicyclic amines) is 1. The van der Waals surface area contributed by atoms with Gasteiger partial charge in [0, 0.05) is 40.4 Å². The molecule has 1 saturated carbocycles. The van der Waals surface area contributed by atoms with Gasteiger partial charge in [-0.15, -0.1) is 0 Å². The zero-order valence-electron chi connectivity index (χ0n) is 14.8. The third kappa shape index (κ3) is 5.09. The van der Waals surface area contributed by atoms with Crippen LogP contribution < -0.4 is 5.32 Å². The van der Waals surface area contributed by atoms with Crippen LogP contribution in [0, 0.1) is 11.3 Å². The van der Waals surface area contributed by atoms with Crippen LogP contribution in [-0.4, -0.2) is 63.8 Å². The number of nitrogens with zero attached hydrogens (tertiary/aromatic N) is 2. The van der Waals surface area contributed by atoms with Gasteiger partial charge in [0.15, 0.2) is 5.96 Å². The number of methoxy groups -OCH3 is 1. The van der Waals surface area contributed by atoms with Crippen LogP contribution in [0.15, 0.2) is 4.99 Å². The third-order valence-electron chi connectivity index (χ3n) is 4.97. The van der Waals surface area contributed by atoms with E-state index in [1.165, 1.54) is 12.8 Å². The Morgan fingerprint density at radius 1 is 1.43 bits per heavy atom. The molecular formula is C17H31N3O3. The van der Waals surface area contributed by atoms with Gasteiger partial charge in [-0.25, -0.2) is 0 Å². The van der Waals surface area contributed by atoms with E-state index in [4.69, 9.17) is 9.47 Å². The molecule has 1 saturated heterocycles. The Bertz CT molecular complexity index is 421. The van der Waals surface area contributed by atoms with Crippen LogP contribution in [0.25, 0.3) is 0 Å². The van der Waals surface area contributed by atoms with Crippen molar-refractivity contribution in [2.45, 2.75) is 39.0 Å². The molecule has 2 fully saturated rings. The summed E-state index contributed by atoms with van der Waals surface area (Å²) in [6.45, 7) is 5.70. The summed E-state index contributed by atoms with van der Waals surface area (Å²) in [4.78, 5) is 18.6. The van der Waals surface area contributed by atoms with E-state index in [0.717, 1.165) is 44.9 Å². The van der Waals surface area contributed by atoms with Crippen molar-refractivity contribution in [2.24, 2.45) is 16.3 Å². The van der Waals surface area contributed by atoms with Crippen molar-refractivity contribution in [3.8, 4) is 0 Å². The zero-order chi connectivity index (χ0) is 16.7. The van der Waals surface area contributed by atoms with Crippen LogP contribution in [0.3, 0.4) is 0 Å². The van der Waals surface area contributed by atoms with Crippen molar-refractivity contribution in [1.82, 2.24) is 10.2 Å². The lowest BCUT2D eigenvalue weighted by atomic mass is 9.98. The lowest BCUT2D eigenvalue weighted by Gasteiger charge is -2.34. The molecule has 23 heavy (non-hydrogen) atoms. The van der Waals surface area contributed by atoms with Crippen molar-refractivity contribution in [2.75, 3.05) is 47.0 Å². The van der Waals surface area contributed by atoms with Gasteiger partial charge in [0.05, 0.1) is 12.5 Å². The second-order valence-electron chi connectivity index (χ2n) is 6.68. The van der Waals surface area contributed by atoms with E-state index in [0.29, 0.717) is 18.6 Å². The summed E-state index contributed by atoms with van der Waals surface area (Å²) in [5.74, 6) is 0.791. The molecule has 0 aromatic carbocycles. The van der Waals surface area contributed by atoms with Crippen LogP contribution in [0.4, 0.5) is 0 Å². The molecule has 1 atom stereocenters. The highest BCUT2D eigenvalue weighted by molar-refractivity contribution is 5.81. The second-order valence-corrected chi connectivity index (χ2v) is 6.68. The van der Waals surface area contributed by atoms with Gasteiger partial charge in [-0.05, 0) is 44.4 Å². The van der Waals surface area contributed by atoms with E-state index in [-0.39, 0.29) is 11.9 Å². The van der Waals surface area contributed by atoms with E-state index < -0.39 is 0 Å². The summed E-state index contributed by atoms with van der Waals surface area (Å²) in [5.41, 5.74) is 0.377. The van der Waals surface area contributed by atoms with Crippen LogP contribution >= 0.6 is 0 Å². The fourth-order valence-electron chi connectivity index (χ4n) is 3.23. The summed E-state index contributed by atoms with van der Waals surface area (Å²) in [6.07, 6.45) is 5.51. The number of ether oxygens (including phenoxy) is 2. The normalized spacial score (nSPS) is 23.5. The molecule has 1 aliphatic heterocycles. The van der Waals surface area contributed by atoms with Crippen LogP contribution in [-0.2, 0) is 14.3 Å². The van der Waals surface area contributed by atoms with Crippen molar-refractivity contribution in [1.29, 1.82) is 0 Å². The average Bonchev–Trinajstić information content (AvgIpc) is 3.34. The van der Waals surface area contributed by atoms with Gasteiger partial charge in [0.25, 0.3) is 0 Å². The average molecular weight is 325 g/mol. The van der Waals surface area contributed by atoms with E-state index in [2.05, 4.69) is 15.2 Å². The van der Waals surface area contributed by atoms with Gasteiger partial charge in [-0.1, -0.05) is 0 Å². The minimum Gasteiger partial charge on any atom is -0.466 e. The number of piperidine rings is 1. The smallest absolute Gasteiger partial charge is 0.310 e. The number of hydrogen-bond donors (Lipinski definition) is 1. The van der Waals surface area contributed by atoms with E-state index in [1.807, 2.05) is 14.0 Å². The highest BCUT2D eigenvalue weighted by Gasteiger charge is 2.42. The Kier molecular flexibility index (Phi) is 6.69. The highest BCUT2D eigenvalue weighted by atomic mass is 16.5. The molecule has 0 unspecified atom stereocenters. The molecule has 0 radical (unpaired) electrons. The number of guanidine groups is 1. The number of carbonyl (C=O) groups is 1. The van der Waals surface area contributed by atoms with Crippen molar-refractivity contribution in [3.05, 3.63) is 0 Å². The number of rotatable bonds is 7. The van der Waals surface area contributed by atoms with Gasteiger partial charge in [0.1, 0.15) is 0 Å². The summed E-state index contributed by atoms with van der Waals surface area (Å²) >= 11 is 0. The lowest BCUT2D eigenvalue weighted by molar-refractivity contribution is -0.149. The number of esters is 1. The molecule has 0 bridgehead atoms. The first kappa shape index (κ1) is 18.0. The highest BCUT2D eigenvalue weighted by Crippen LogP contribution is 2.48. The summed E-state index contributed by atoms with van der Waals surface area (Å²) in [6, 6.07) is 0. The fraction of sp³-hybridized carbons (Fsp3) is 0.882. The van der Waals surface area contributed by atoms with Gasteiger partial charge < -0.3 is 19.7 Å². The van der Waals surface area contributed by atoms with Crippen LogP contribution in [0.2, 0.25) is 0 Å². The maximum atomic E-state index is 12.0. The molecule has 6 nitrogen and oxygen atoms in total. The van der Waals surface area contributed by atoms with Crippen LogP contribution in [0.5, 0.6) is 0 Å². The van der Waals surface area contributed by atoms with Gasteiger partial charge in [-0.3, -0.25) is 9.79 Å². The Morgan fingerprint density at radius 3 is 2.83 bits per heavy atom. The standard InChI is InChI=1S/C17H31N3O3/c1-4-23-15(21)14-6-5-10-20(12-14)16(18-2)19-13-17(7-8-17)9-11-22-3/h14H,4-13H2,1-3H3,(H,18,19)/t14-/m0/s1. The van der Waals surface area contributed by atoms with Crippen molar-refractivity contribution < 1.29 is 14.3 Å². The maximum Gasteiger partial charge on any atom is 0.310 e. The van der Waals surface area contributed by atoms with Gasteiger partial charge in [0.2, 0.25) is 0 Å². The van der Waals surface area contributed by atoms with Crippen LogP contribution in [0.1, 0.15) is 39.0 Å². The molecule has 0 aromatic rings. The molecule has 0 aromatic heterocycles. The molecule has 1 heterocycles. The third-order valence-corrected chi connectivity index (χ3v) is 4.97. The zero-order valence-corrected chi connectivity index (χ0v) is 14.8. The molecule has 132 valence electrons. The number of nitrogens with one attached hydrogen (secondary N) is 1. The van der Waals surface area contributed by atoms with E-state index >= 15 is 0 Å². The first-order valence-electron chi connectivity index (χ1n) is 8.75. The monoisotopic (exact) mass is 325 g/mol. The van der Waals surface area contributed by atoms with E-state index in [1.54, 1.807) is 7.11 Å². The summed E-state index contributed by atoms with van der Waals surface area (Å²) < 4.78 is 10.4. The predicted molar refractivity (Wildman–Crippen MR) is 90.5 cm³/mol. The number of hydrogen-bond acceptors (Lipinski definition) is 4. The molecule has 0 amide bonds. The maximum absolute atomic E-state index is 12.0. The molecule has 6 heteroatoms. The summed E-state index contributed by atoms with van der Waals surface area (Å²) in [5, 5.41) is 3.51. The molecule has 1 aliphatic carbocycles. The van der Waals surface area contributed by atoms with Gasteiger partial charge >= 0.3 is 5.97 Å². The Hall–Kier alpha value is -1.30. The SMILES string of the molecule is CCOC(=O)[C@H]1CCCN(C(=NC)NCC2(CCOC)CC2)C1. The predicted octanol–water partition coefficient (Wildman–Crippen LogP) is 1.65. The topological polar surface area (TPSA) is 63.2 Å². The molecule has 2 aliphatic rings. The molecular weight excluding hydrogens is 294 g/mol. The van der Waals surface area contributed by atoms with E-state index in [9.17, 15) is 4.79 Å². The minimum absolute atomic E-state index is 0.0365. The van der Waals surface area contributed by atoms with Gasteiger partial charge in [-0.2, -0.15) is 0 Å². The minimum atomic E-state index is -0.0774. The molecule has 0 spiro atoms. The second kappa shape index (κ2) is 8.52. The first-order chi connectivity index (χ1) is 11.1. The summed E-state index contributed by atoms with van der Waals surface area (Å²) in [7, 11) is 3.57. The van der Waals surface area contributed by atoms with Crippen molar-refractivity contribution >= 4 is 11.9 Å². The Balaban J connectivity index is 1.84. The number of carbonyl (C=O) groups excluding carboxylic acids is 1. The van der Waals surface area contributed by atoms with Crippen molar-refractivity contribution in [3.63, 3.8) is 0 Å². The quantitative estimate of drug-likeness (QED) is 0.438. The lowest BCUT2D eigenvalue weighted by Crippen LogP contribution is -2.49. The molecule has 1 N–H and O–H groups in total. The Morgan fingerprint density at radius 2 is 2.22 bits per heavy atom. The Labute approximate surface area is 139 Å². The largest absolute Gasteiger partial charge is 0.466 e.